The third-order valence-electron chi connectivity index (χ3n) is 3.06. The molecule has 0 heterocycles. The van der Waals surface area contributed by atoms with Crippen LogP contribution < -0.4 is 10.1 Å². The second kappa shape index (κ2) is 8.76. The van der Waals surface area contributed by atoms with E-state index >= 15 is 0 Å². The van der Waals surface area contributed by atoms with Gasteiger partial charge in [0.2, 0.25) is 0 Å². The smallest absolute Gasteiger partial charge is 0.147 e. The van der Waals surface area contributed by atoms with Gasteiger partial charge in [-0.15, -0.1) is 0 Å². The van der Waals surface area contributed by atoms with Crippen LogP contribution in [0.4, 0.5) is 0 Å². The zero-order valence-electron chi connectivity index (χ0n) is 12.9. The lowest BCUT2D eigenvalue weighted by Gasteiger charge is -2.18. The Morgan fingerprint density at radius 3 is 2.71 bits per heavy atom. The highest BCUT2D eigenvalue weighted by molar-refractivity contribution is 9.10. The van der Waals surface area contributed by atoms with E-state index in [-0.39, 0.29) is 11.8 Å². The Balaban J connectivity index is 2.68. The van der Waals surface area contributed by atoms with Crippen molar-refractivity contribution in [1.29, 1.82) is 0 Å². The molecule has 0 saturated carbocycles. The van der Waals surface area contributed by atoms with Crippen molar-refractivity contribution in [2.75, 3.05) is 25.2 Å². The summed E-state index contributed by atoms with van der Waals surface area (Å²) >= 11 is 3.44. The van der Waals surface area contributed by atoms with E-state index in [0.29, 0.717) is 13.0 Å². The van der Waals surface area contributed by atoms with Crippen LogP contribution in [0, 0.1) is 0 Å². The molecular weight excluding hydrogens is 354 g/mol. The molecule has 0 radical (unpaired) electrons. The first-order valence-corrected chi connectivity index (χ1v) is 10.0. The lowest BCUT2D eigenvalue weighted by atomic mass is 10.1. The molecule has 1 aromatic carbocycles. The molecule has 0 saturated heterocycles. The molecule has 0 aliphatic rings. The molecule has 0 bridgehead atoms. The molecule has 0 spiro atoms. The van der Waals surface area contributed by atoms with Crippen molar-refractivity contribution < 1.29 is 13.2 Å². The van der Waals surface area contributed by atoms with Gasteiger partial charge in [0.25, 0.3) is 0 Å². The van der Waals surface area contributed by atoms with E-state index in [1.807, 2.05) is 18.2 Å². The number of hydrogen-bond donors (Lipinski definition) is 1. The largest absolute Gasteiger partial charge is 0.493 e. The van der Waals surface area contributed by atoms with Crippen molar-refractivity contribution in [3.63, 3.8) is 0 Å². The molecule has 1 N–H and O–H groups in total. The Morgan fingerprint density at radius 2 is 2.10 bits per heavy atom. The van der Waals surface area contributed by atoms with E-state index in [9.17, 15) is 8.42 Å². The molecule has 21 heavy (non-hydrogen) atoms. The van der Waals surface area contributed by atoms with Crippen LogP contribution in [0.5, 0.6) is 5.75 Å². The number of ether oxygens (including phenoxy) is 1. The predicted octanol–water partition coefficient (Wildman–Crippen LogP) is 3.32. The number of sulfone groups is 1. The summed E-state index contributed by atoms with van der Waals surface area (Å²) in [6.45, 7) is 5.58. The van der Waals surface area contributed by atoms with E-state index in [1.165, 1.54) is 6.26 Å². The first-order valence-electron chi connectivity index (χ1n) is 7.17. The van der Waals surface area contributed by atoms with Crippen LogP contribution in [0.1, 0.15) is 38.3 Å². The zero-order chi connectivity index (χ0) is 15.9. The Morgan fingerprint density at radius 1 is 1.38 bits per heavy atom. The fourth-order valence-electron chi connectivity index (χ4n) is 1.96. The Hall–Kier alpha value is -0.590. The average Bonchev–Trinajstić information content (AvgIpc) is 2.40. The van der Waals surface area contributed by atoms with Crippen molar-refractivity contribution in [3.05, 3.63) is 28.2 Å². The van der Waals surface area contributed by atoms with Gasteiger partial charge in [-0.3, -0.25) is 0 Å². The van der Waals surface area contributed by atoms with E-state index in [4.69, 9.17) is 4.74 Å². The second-order valence-corrected chi connectivity index (χ2v) is 8.37. The highest BCUT2D eigenvalue weighted by atomic mass is 79.9. The highest BCUT2D eigenvalue weighted by Gasteiger charge is 2.12. The number of benzene rings is 1. The summed E-state index contributed by atoms with van der Waals surface area (Å²) in [5.74, 6) is 0.953. The van der Waals surface area contributed by atoms with E-state index in [2.05, 4.69) is 35.1 Å². The monoisotopic (exact) mass is 377 g/mol. The van der Waals surface area contributed by atoms with Crippen LogP contribution in [0.2, 0.25) is 0 Å². The van der Waals surface area contributed by atoms with Crippen LogP contribution >= 0.6 is 15.9 Å². The molecular formula is C15H24BrNO3S. The zero-order valence-corrected chi connectivity index (χ0v) is 15.3. The molecule has 1 rings (SSSR count). The summed E-state index contributed by atoms with van der Waals surface area (Å²) in [5.41, 5.74) is 1.09. The topological polar surface area (TPSA) is 55.4 Å². The van der Waals surface area contributed by atoms with Crippen molar-refractivity contribution in [3.8, 4) is 5.75 Å². The van der Waals surface area contributed by atoms with Crippen LogP contribution in [0.15, 0.2) is 22.7 Å². The summed E-state index contributed by atoms with van der Waals surface area (Å²) in [5, 5.41) is 3.43. The molecule has 0 fully saturated rings. The molecule has 0 amide bonds. The van der Waals surface area contributed by atoms with Crippen LogP contribution in [0.3, 0.4) is 0 Å². The van der Waals surface area contributed by atoms with Gasteiger partial charge in [0.15, 0.2) is 0 Å². The summed E-state index contributed by atoms with van der Waals surface area (Å²) in [7, 11) is -2.93. The summed E-state index contributed by atoms with van der Waals surface area (Å²) < 4.78 is 29.0. The lowest BCUT2D eigenvalue weighted by molar-refractivity contribution is 0.311. The van der Waals surface area contributed by atoms with Gasteiger partial charge in [-0.2, -0.15) is 0 Å². The average molecular weight is 378 g/mol. The van der Waals surface area contributed by atoms with Crippen LogP contribution in [0.25, 0.3) is 0 Å². The van der Waals surface area contributed by atoms with Gasteiger partial charge in [0.1, 0.15) is 15.6 Å². The maximum Gasteiger partial charge on any atom is 0.147 e. The Labute approximate surface area is 136 Å². The first kappa shape index (κ1) is 18.5. The molecule has 0 aliphatic heterocycles. The molecule has 0 aromatic heterocycles. The Bertz CT molecular complexity index is 546. The molecule has 6 heteroatoms. The third-order valence-corrected chi connectivity index (χ3v) is 4.58. The first-order chi connectivity index (χ1) is 9.83. The highest BCUT2D eigenvalue weighted by Crippen LogP contribution is 2.28. The van der Waals surface area contributed by atoms with E-state index < -0.39 is 9.84 Å². The van der Waals surface area contributed by atoms with Gasteiger partial charge in [-0.25, -0.2) is 8.42 Å². The van der Waals surface area contributed by atoms with Crippen molar-refractivity contribution >= 4 is 25.8 Å². The number of halogens is 1. The van der Waals surface area contributed by atoms with Crippen molar-refractivity contribution in [2.45, 2.75) is 32.7 Å². The minimum absolute atomic E-state index is 0.153. The van der Waals surface area contributed by atoms with Gasteiger partial charge < -0.3 is 10.1 Å². The standard InChI is InChI=1S/C15H24BrNO3S/c1-4-8-17-12(2)14-7-6-13(16)11-15(14)20-9-5-10-21(3,18)19/h6-7,11-12,17H,4-5,8-10H2,1-3H3. The maximum absolute atomic E-state index is 11.1. The SMILES string of the molecule is CCCNC(C)c1ccc(Br)cc1OCCCS(C)(=O)=O. The third kappa shape index (κ3) is 7.29. The van der Waals surface area contributed by atoms with E-state index in [0.717, 1.165) is 28.8 Å². The van der Waals surface area contributed by atoms with Crippen LogP contribution in [-0.4, -0.2) is 33.6 Å². The molecule has 1 aromatic rings. The minimum Gasteiger partial charge on any atom is -0.493 e. The molecule has 120 valence electrons. The van der Waals surface area contributed by atoms with Gasteiger partial charge in [-0.1, -0.05) is 28.9 Å². The van der Waals surface area contributed by atoms with Crippen molar-refractivity contribution in [1.82, 2.24) is 5.32 Å². The van der Waals surface area contributed by atoms with Gasteiger partial charge in [0.05, 0.1) is 12.4 Å². The van der Waals surface area contributed by atoms with Crippen molar-refractivity contribution in [2.24, 2.45) is 0 Å². The molecule has 4 nitrogen and oxygen atoms in total. The summed E-state index contributed by atoms with van der Waals surface area (Å²) in [6.07, 6.45) is 2.82. The Kier molecular flexibility index (Phi) is 7.70. The molecule has 1 atom stereocenters. The van der Waals surface area contributed by atoms with Gasteiger partial charge >= 0.3 is 0 Å². The van der Waals surface area contributed by atoms with Gasteiger partial charge in [0, 0.05) is 22.3 Å². The van der Waals surface area contributed by atoms with Crippen LogP contribution in [-0.2, 0) is 9.84 Å². The van der Waals surface area contributed by atoms with Gasteiger partial charge in [-0.05, 0) is 38.4 Å². The fraction of sp³-hybridized carbons (Fsp3) is 0.600. The quantitative estimate of drug-likeness (QED) is 0.670. The summed E-state index contributed by atoms with van der Waals surface area (Å²) in [6, 6.07) is 6.15. The molecule has 1 unspecified atom stereocenters. The summed E-state index contributed by atoms with van der Waals surface area (Å²) in [4.78, 5) is 0. The number of rotatable bonds is 9. The minimum atomic E-state index is -2.93. The lowest BCUT2D eigenvalue weighted by Crippen LogP contribution is -2.20. The maximum atomic E-state index is 11.1. The number of hydrogen-bond acceptors (Lipinski definition) is 4. The number of nitrogens with one attached hydrogen (secondary N) is 1. The van der Waals surface area contributed by atoms with E-state index in [1.54, 1.807) is 0 Å². The normalized spacial score (nSPS) is 13.1. The second-order valence-electron chi connectivity index (χ2n) is 5.19. The molecule has 0 aliphatic carbocycles. The fourth-order valence-corrected chi connectivity index (χ4v) is 2.95. The predicted molar refractivity (Wildman–Crippen MR) is 90.7 cm³/mol.